The molecule has 0 N–H and O–H groups in total. The minimum absolute atomic E-state index is 0.173. The van der Waals surface area contributed by atoms with Gasteiger partial charge in [-0.05, 0) is 71.8 Å². The van der Waals surface area contributed by atoms with Gasteiger partial charge in [-0.2, -0.15) is 22.0 Å². The second-order valence-corrected chi connectivity index (χ2v) is 10.2. The lowest BCUT2D eigenvalue weighted by atomic mass is 9.93. The van der Waals surface area contributed by atoms with Crippen molar-refractivity contribution >= 4 is 10.8 Å². The van der Waals surface area contributed by atoms with Crippen molar-refractivity contribution < 1.29 is 53.4 Å². The molecule has 4 aromatic rings. The van der Waals surface area contributed by atoms with Crippen molar-refractivity contribution in [2.75, 3.05) is 6.61 Å². The van der Waals surface area contributed by atoms with E-state index in [-0.39, 0.29) is 17.0 Å². The van der Waals surface area contributed by atoms with Crippen molar-refractivity contribution in [3.05, 3.63) is 113 Å². The number of fused-ring (bicyclic) bond motifs is 1. The number of hydrogen-bond acceptors (Lipinski definition) is 2. The third kappa shape index (κ3) is 6.78. The number of alkyl halides is 5. The maximum atomic E-state index is 15.1. The molecular weight excluding hydrogens is 618 g/mol. The minimum Gasteiger partial charge on any atom is -0.429 e. The molecule has 2 atom stereocenters. The number of benzene rings is 4. The molecule has 0 amide bonds. The molecule has 0 bridgehead atoms. The summed E-state index contributed by atoms with van der Waals surface area (Å²) in [5, 5.41) is -0.894. The highest BCUT2D eigenvalue weighted by Gasteiger charge is 2.41. The van der Waals surface area contributed by atoms with E-state index in [1.807, 2.05) is 0 Å². The summed E-state index contributed by atoms with van der Waals surface area (Å²) < 4.78 is 151. The predicted octanol–water partition coefficient (Wildman–Crippen LogP) is 9.90. The number of hydrogen-bond donors (Lipinski definition) is 0. The van der Waals surface area contributed by atoms with Crippen molar-refractivity contribution in [1.29, 1.82) is 0 Å². The lowest BCUT2D eigenvalue weighted by molar-refractivity contribution is -0.189. The van der Waals surface area contributed by atoms with Gasteiger partial charge in [-0.15, -0.1) is 6.58 Å². The van der Waals surface area contributed by atoms with E-state index in [9.17, 15) is 30.7 Å². The molecule has 2 nitrogen and oxygen atoms in total. The summed E-state index contributed by atoms with van der Waals surface area (Å²) in [5.41, 5.74) is -3.14. The van der Waals surface area contributed by atoms with Gasteiger partial charge in [0.2, 0.25) is 0 Å². The summed E-state index contributed by atoms with van der Waals surface area (Å²) in [7, 11) is 0. The Bertz CT molecular complexity index is 1820. The molecule has 0 saturated carbocycles. The first kappa shape index (κ1) is 31.9. The van der Waals surface area contributed by atoms with E-state index >= 15 is 13.2 Å². The fourth-order valence-corrected chi connectivity index (χ4v) is 5.01. The molecule has 1 heterocycles. The molecule has 0 aliphatic carbocycles. The van der Waals surface area contributed by atoms with Crippen LogP contribution < -0.4 is 4.74 Å². The van der Waals surface area contributed by atoms with Crippen molar-refractivity contribution in [3.8, 4) is 28.7 Å². The van der Waals surface area contributed by atoms with Gasteiger partial charge in [0, 0.05) is 22.8 Å². The Hall–Kier alpha value is -4.50. The van der Waals surface area contributed by atoms with Crippen LogP contribution in [0, 0.1) is 46.8 Å². The molecule has 1 fully saturated rings. The van der Waals surface area contributed by atoms with E-state index in [2.05, 4.69) is 11.3 Å². The topological polar surface area (TPSA) is 18.5 Å². The van der Waals surface area contributed by atoms with Gasteiger partial charge >= 0.3 is 12.3 Å². The molecule has 5 rings (SSSR count). The molecule has 0 radical (unpaired) electrons. The van der Waals surface area contributed by atoms with Gasteiger partial charge < -0.3 is 9.47 Å². The van der Waals surface area contributed by atoms with E-state index < -0.39 is 75.1 Å². The summed E-state index contributed by atoms with van der Waals surface area (Å²) >= 11 is 0. The first-order chi connectivity index (χ1) is 21.2. The molecule has 234 valence electrons. The first-order valence-electron chi connectivity index (χ1n) is 13.3. The Labute approximate surface area is 249 Å². The monoisotopic (exact) mass is 638 g/mol. The highest BCUT2D eigenvalue weighted by molar-refractivity contribution is 5.86. The van der Waals surface area contributed by atoms with Gasteiger partial charge in [-0.3, -0.25) is 0 Å². The van der Waals surface area contributed by atoms with E-state index in [0.29, 0.717) is 42.9 Å². The molecule has 45 heavy (non-hydrogen) atoms. The molecular formula is C33H20F10O2. The number of ether oxygens (including phenoxy) is 2. The van der Waals surface area contributed by atoms with E-state index in [0.717, 1.165) is 30.5 Å². The maximum Gasteiger partial charge on any atom is 0.458 e. The number of halogens is 10. The summed E-state index contributed by atoms with van der Waals surface area (Å²) in [6.07, 6.45) is -6.95. The average Bonchev–Trinajstić information content (AvgIpc) is 2.95. The van der Waals surface area contributed by atoms with Crippen LogP contribution in [0.25, 0.3) is 21.9 Å². The lowest BCUT2D eigenvalue weighted by Crippen LogP contribution is -2.25. The first-order valence-corrected chi connectivity index (χ1v) is 13.3. The van der Waals surface area contributed by atoms with Gasteiger partial charge in [0.15, 0.2) is 0 Å². The fraction of sp³-hybridized carbons (Fsp3) is 0.212. The SMILES string of the molecule is C=CC1CCC(c2ccc(-c3cc(F)c(C(F)(F)Oc4ccc5c(F)c(C#CC(F)(F)F)c(F)cc5c4)c(F)c3)c(F)c2)OC1. The highest BCUT2D eigenvalue weighted by Crippen LogP contribution is 2.39. The molecule has 1 aliphatic heterocycles. The lowest BCUT2D eigenvalue weighted by Gasteiger charge is -2.27. The second kappa shape index (κ2) is 12.1. The summed E-state index contributed by atoms with van der Waals surface area (Å²) in [6, 6.07) is 7.71. The minimum atomic E-state index is -5.03. The van der Waals surface area contributed by atoms with Gasteiger partial charge in [0.1, 0.15) is 40.4 Å². The normalized spacial score (nSPS) is 17.1. The Balaban J connectivity index is 1.40. The van der Waals surface area contributed by atoms with Gasteiger partial charge in [-0.25, -0.2) is 22.0 Å². The molecule has 12 heteroatoms. The summed E-state index contributed by atoms with van der Waals surface area (Å²) in [5.74, 6) is -5.92. The number of rotatable bonds is 6. The van der Waals surface area contributed by atoms with Crippen molar-refractivity contribution in [1.82, 2.24) is 0 Å². The van der Waals surface area contributed by atoms with Crippen LogP contribution in [0.5, 0.6) is 5.75 Å². The van der Waals surface area contributed by atoms with Crippen LogP contribution >= 0.6 is 0 Å². The van der Waals surface area contributed by atoms with Crippen LogP contribution in [0.1, 0.15) is 35.6 Å². The largest absolute Gasteiger partial charge is 0.458 e. The zero-order valence-corrected chi connectivity index (χ0v) is 22.9. The standard InChI is InChI=1S/C33H20F10O2/c1-2-17-3-8-29(44-16-17)18-4-6-22(25(34)12-18)20-14-27(36)30(28(37)15-20)33(42,43)45-21-5-7-23-19(11-21)13-26(35)24(31(23)38)9-10-32(39,40)41/h2,4-7,11-15,17,29H,1,3,8,16H2. The zero-order chi connectivity index (χ0) is 32.7. The zero-order valence-electron chi connectivity index (χ0n) is 22.9. The smallest absolute Gasteiger partial charge is 0.429 e. The summed E-state index contributed by atoms with van der Waals surface area (Å²) in [4.78, 5) is 0. The van der Waals surface area contributed by atoms with Crippen LogP contribution in [0.3, 0.4) is 0 Å². The van der Waals surface area contributed by atoms with E-state index in [4.69, 9.17) is 4.74 Å². The van der Waals surface area contributed by atoms with Crippen molar-refractivity contribution in [2.45, 2.75) is 31.2 Å². The van der Waals surface area contributed by atoms with Gasteiger partial charge in [0.25, 0.3) is 0 Å². The molecule has 2 unspecified atom stereocenters. The second-order valence-electron chi connectivity index (χ2n) is 10.2. The van der Waals surface area contributed by atoms with Crippen molar-refractivity contribution in [2.24, 2.45) is 5.92 Å². The Kier molecular flexibility index (Phi) is 8.60. The van der Waals surface area contributed by atoms with Gasteiger partial charge in [-0.1, -0.05) is 24.1 Å². The Morgan fingerprint density at radius 3 is 2.13 bits per heavy atom. The average molecular weight is 639 g/mol. The van der Waals surface area contributed by atoms with E-state index in [1.165, 1.54) is 18.1 Å². The molecule has 0 aromatic heterocycles. The van der Waals surface area contributed by atoms with Crippen LogP contribution in [-0.2, 0) is 10.8 Å². The van der Waals surface area contributed by atoms with Crippen LogP contribution in [0.15, 0.2) is 67.3 Å². The third-order valence-corrected chi connectivity index (χ3v) is 7.23. The Morgan fingerprint density at radius 2 is 1.53 bits per heavy atom. The van der Waals surface area contributed by atoms with E-state index in [1.54, 1.807) is 6.08 Å². The molecule has 4 aromatic carbocycles. The van der Waals surface area contributed by atoms with Crippen LogP contribution in [-0.4, -0.2) is 12.8 Å². The third-order valence-electron chi connectivity index (χ3n) is 7.23. The molecule has 1 saturated heterocycles. The van der Waals surface area contributed by atoms with Crippen molar-refractivity contribution in [3.63, 3.8) is 0 Å². The maximum absolute atomic E-state index is 15.1. The molecule has 0 spiro atoms. The van der Waals surface area contributed by atoms with Crippen LogP contribution in [0.2, 0.25) is 0 Å². The Morgan fingerprint density at radius 1 is 0.822 bits per heavy atom. The van der Waals surface area contributed by atoms with Gasteiger partial charge in [0.05, 0.1) is 18.3 Å². The van der Waals surface area contributed by atoms with Crippen LogP contribution in [0.4, 0.5) is 43.9 Å². The highest BCUT2D eigenvalue weighted by atomic mass is 19.4. The summed E-state index contributed by atoms with van der Waals surface area (Å²) in [6.45, 7) is 4.12. The quantitative estimate of drug-likeness (QED) is 0.119. The molecule has 1 aliphatic rings. The predicted molar refractivity (Wildman–Crippen MR) is 145 cm³/mol. The fourth-order valence-electron chi connectivity index (χ4n) is 5.01.